The second-order valence-electron chi connectivity index (χ2n) is 7.72. The van der Waals surface area contributed by atoms with Crippen molar-refractivity contribution in [3.8, 4) is 11.5 Å². The van der Waals surface area contributed by atoms with Crippen molar-refractivity contribution in [1.82, 2.24) is 29.4 Å². The van der Waals surface area contributed by atoms with E-state index in [9.17, 15) is 4.79 Å². The van der Waals surface area contributed by atoms with Gasteiger partial charge in [-0.1, -0.05) is 0 Å². The fourth-order valence-corrected chi connectivity index (χ4v) is 3.52. The van der Waals surface area contributed by atoms with Crippen LogP contribution in [0.4, 0.5) is 4.79 Å². The molecule has 2 aromatic heterocycles. The molecule has 0 aromatic carbocycles. The lowest BCUT2D eigenvalue weighted by Gasteiger charge is -2.29. The Balaban J connectivity index is 1.70. The zero-order chi connectivity index (χ0) is 17.8. The highest BCUT2D eigenvalue weighted by molar-refractivity contribution is 5.70. The number of carbonyl (C=O) groups excluding carboxylic acids is 1. The number of hydrogen-bond donors (Lipinski definition) is 0. The lowest BCUT2D eigenvalue weighted by molar-refractivity contribution is 0.0224. The van der Waals surface area contributed by atoms with Gasteiger partial charge < -0.3 is 14.2 Å². The predicted octanol–water partition coefficient (Wildman–Crippen LogP) is 2.15. The van der Waals surface area contributed by atoms with Crippen molar-refractivity contribution >= 4 is 6.09 Å². The lowest BCUT2D eigenvalue weighted by Crippen LogP contribution is -2.39. The van der Waals surface area contributed by atoms with Crippen molar-refractivity contribution in [3.05, 3.63) is 17.1 Å². The Morgan fingerprint density at radius 2 is 1.96 bits per heavy atom. The van der Waals surface area contributed by atoms with Crippen LogP contribution in [0.25, 0.3) is 11.5 Å². The van der Waals surface area contributed by atoms with Crippen LogP contribution >= 0.6 is 0 Å². The van der Waals surface area contributed by atoms with Gasteiger partial charge in [0.2, 0.25) is 0 Å². The zero-order valence-electron chi connectivity index (χ0n) is 15.2. The van der Waals surface area contributed by atoms with Gasteiger partial charge in [0.15, 0.2) is 5.82 Å². The monoisotopic (exact) mass is 344 g/mol. The topological polar surface area (TPSA) is 78.1 Å². The number of nitrogens with zero attached hydrogens (tertiary/aromatic N) is 6. The minimum atomic E-state index is -0.495. The number of fused-ring (bicyclic) bond motifs is 5. The zero-order valence-corrected chi connectivity index (χ0v) is 15.2. The predicted molar refractivity (Wildman–Crippen MR) is 90.9 cm³/mol. The first-order chi connectivity index (χ1) is 11.8. The summed E-state index contributed by atoms with van der Waals surface area (Å²) in [5.74, 6) is 1.77. The first kappa shape index (κ1) is 16.1. The van der Waals surface area contributed by atoms with E-state index in [4.69, 9.17) is 9.84 Å². The third-order valence-corrected chi connectivity index (χ3v) is 4.65. The first-order valence-corrected chi connectivity index (χ1v) is 8.80. The Labute approximate surface area is 146 Å². The molecule has 0 saturated carbocycles. The van der Waals surface area contributed by atoms with Gasteiger partial charge >= 0.3 is 6.09 Å². The summed E-state index contributed by atoms with van der Waals surface area (Å²) in [4.78, 5) is 14.2. The number of aryl methyl sites for hydroxylation is 2. The van der Waals surface area contributed by atoms with Crippen molar-refractivity contribution in [2.24, 2.45) is 0 Å². The van der Waals surface area contributed by atoms with E-state index in [1.165, 1.54) is 0 Å². The molecule has 0 bridgehead atoms. The molecule has 0 spiro atoms. The second kappa shape index (κ2) is 5.57. The maximum absolute atomic E-state index is 12.5. The van der Waals surface area contributed by atoms with Gasteiger partial charge in [0.05, 0.1) is 12.2 Å². The van der Waals surface area contributed by atoms with Gasteiger partial charge in [0.25, 0.3) is 0 Å². The van der Waals surface area contributed by atoms with Gasteiger partial charge in [-0.05, 0) is 34.1 Å². The fourth-order valence-electron chi connectivity index (χ4n) is 3.52. The molecule has 25 heavy (non-hydrogen) atoms. The van der Waals surface area contributed by atoms with E-state index in [1.54, 1.807) is 4.90 Å². The average molecular weight is 344 g/mol. The summed E-state index contributed by atoms with van der Waals surface area (Å²) in [5, 5.41) is 13.4. The molecule has 2 aliphatic heterocycles. The van der Waals surface area contributed by atoms with Crippen LogP contribution in [0.3, 0.4) is 0 Å². The molecule has 8 heteroatoms. The number of carbonyl (C=O) groups is 1. The molecular formula is C17H24N6O2. The third kappa shape index (κ3) is 2.79. The summed E-state index contributed by atoms with van der Waals surface area (Å²) in [6, 6.07) is 0. The highest BCUT2D eigenvalue weighted by atomic mass is 16.6. The Hall–Kier alpha value is -2.38. The average Bonchev–Trinajstić information content (AvgIpc) is 3.00. The van der Waals surface area contributed by atoms with Crippen molar-refractivity contribution in [1.29, 1.82) is 0 Å². The standard InChI is InChI=1S/C17H24N6O2/c1-11-18-19-15-14-12-10-21(16(24)25-17(2,3)4)9-6-13(12)20-23(14)8-5-7-22(11)15/h5-10H2,1-4H3. The molecule has 1 amide bonds. The molecule has 0 aliphatic carbocycles. The van der Waals surface area contributed by atoms with E-state index in [2.05, 4.69) is 14.8 Å². The maximum atomic E-state index is 12.5. The van der Waals surface area contributed by atoms with Gasteiger partial charge in [0.1, 0.15) is 17.1 Å². The fraction of sp³-hybridized carbons (Fsp3) is 0.647. The second-order valence-corrected chi connectivity index (χ2v) is 7.72. The smallest absolute Gasteiger partial charge is 0.410 e. The van der Waals surface area contributed by atoms with E-state index in [-0.39, 0.29) is 6.09 Å². The third-order valence-electron chi connectivity index (χ3n) is 4.65. The summed E-state index contributed by atoms with van der Waals surface area (Å²) in [7, 11) is 0. The van der Waals surface area contributed by atoms with Crippen molar-refractivity contribution < 1.29 is 9.53 Å². The molecule has 8 nitrogen and oxygen atoms in total. The van der Waals surface area contributed by atoms with Crippen LogP contribution in [0.2, 0.25) is 0 Å². The molecule has 0 N–H and O–H groups in total. The number of amides is 1. The minimum absolute atomic E-state index is 0.274. The number of rotatable bonds is 0. The van der Waals surface area contributed by atoms with Crippen molar-refractivity contribution in [3.63, 3.8) is 0 Å². The van der Waals surface area contributed by atoms with Crippen LogP contribution in [0.1, 0.15) is 44.3 Å². The molecule has 0 unspecified atom stereocenters. The van der Waals surface area contributed by atoms with Crippen LogP contribution in [-0.4, -0.2) is 47.7 Å². The lowest BCUT2D eigenvalue weighted by atomic mass is 10.1. The van der Waals surface area contributed by atoms with E-state index >= 15 is 0 Å². The Morgan fingerprint density at radius 1 is 1.16 bits per heavy atom. The number of ether oxygens (including phenoxy) is 1. The molecule has 0 radical (unpaired) electrons. The van der Waals surface area contributed by atoms with E-state index < -0.39 is 5.60 Å². The van der Waals surface area contributed by atoms with Gasteiger partial charge in [-0.3, -0.25) is 4.68 Å². The molecule has 2 aliphatic rings. The van der Waals surface area contributed by atoms with Crippen LogP contribution in [0, 0.1) is 6.92 Å². The van der Waals surface area contributed by atoms with Crippen molar-refractivity contribution in [2.75, 3.05) is 6.54 Å². The molecule has 2 aromatic rings. The molecule has 4 heterocycles. The SMILES string of the molecule is Cc1nnc2n1CCCn1nc3c(c1-2)CN(C(=O)OC(C)(C)C)CC3. The molecule has 134 valence electrons. The largest absolute Gasteiger partial charge is 0.444 e. The Bertz CT molecular complexity index is 829. The highest BCUT2D eigenvalue weighted by Gasteiger charge is 2.32. The summed E-state index contributed by atoms with van der Waals surface area (Å²) in [6.07, 6.45) is 1.46. The number of aromatic nitrogens is 5. The summed E-state index contributed by atoms with van der Waals surface area (Å²) in [6.45, 7) is 10.5. The van der Waals surface area contributed by atoms with E-state index in [0.717, 1.165) is 54.5 Å². The Morgan fingerprint density at radius 3 is 2.72 bits per heavy atom. The molecule has 0 atom stereocenters. The molecule has 4 rings (SSSR count). The number of hydrogen-bond acceptors (Lipinski definition) is 5. The van der Waals surface area contributed by atoms with Crippen LogP contribution < -0.4 is 0 Å². The highest BCUT2D eigenvalue weighted by Crippen LogP contribution is 2.32. The van der Waals surface area contributed by atoms with Gasteiger partial charge in [-0.2, -0.15) is 5.10 Å². The molecule has 0 fully saturated rings. The molecule has 0 saturated heterocycles. The van der Waals surface area contributed by atoms with E-state index in [0.29, 0.717) is 13.1 Å². The minimum Gasteiger partial charge on any atom is -0.444 e. The van der Waals surface area contributed by atoms with Crippen LogP contribution in [0.5, 0.6) is 0 Å². The van der Waals surface area contributed by atoms with Gasteiger partial charge in [0, 0.05) is 31.6 Å². The summed E-state index contributed by atoms with van der Waals surface area (Å²) >= 11 is 0. The molecular weight excluding hydrogens is 320 g/mol. The van der Waals surface area contributed by atoms with Crippen LogP contribution in [-0.2, 0) is 30.8 Å². The van der Waals surface area contributed by atoms with Crippen molar-refractivity contribution in [2.45, 2.75) is 65.8 Å². The Kier molecular flexibility index (Phi) is 3.59. The summed E-state index contributed by atoms with van der Waals surface area (Å²) < 4.78 is 9.72. The first-order valence-electron chi connectivity index (χ1n) is 8.80. The normalized spacial score (nSPS) is 16.7. The van der Waals surface area contributed by atoms with Crippen LogP contribution in [0.15, 0.2) is 0 Å². The quantitative estimate of drug-likeness (QED) is 0.732. The maximum Gasteiger partial charge on any atom is 0.410 e. The van der Waals surface area contributed by atoms with Gasteiger partial charge in [-0.15, -0.1) is 10.2 Å². The van der Waals surface area contributed by atoms with Gasteiger partial charge in [-0.25, -0.2) is 4.79 Å². The van der Waals surface area contributed by atoms with E-state index in [1.807, 2.05) is 32.4 Å². The summed E-state index contributed by atoms with van der Waals surface area (Å²) in [5.41, 5.74) is 2.64.